The van der Waals surface area contributed by atoms with Gasteiger partial charge in [-0.3, -0.25) is 4.90 Å². The average molecular weight is 288 g/mol. The number of nitrogens with zero attached hydrogens (tertiary/aromatic N) is 1. The number of benzene rings is 1. The van der Waals surface area contributed by atoms with Crippen molar-refractivity contribution in [3.63, 3.8) is 0 Å². The van der Waals surface area contributed by atoms with E-state index in [0.717, 1.165) is 24.9 Å². The van der Waals surface area contributed by atoms with Gasteiger partial charge in [-0.15, -0.1) is 0 Å². The Bertz CT molecular complexity index is 422. The number of hydrogen-bond acceptors (Lipinski definition) is 2. The van der Waals surface area contributed by atoms with Crippen LogP contribution < -0.4 is 5.73 Å². The van der Waals surface area contributed by atoms with Gasteiger partial charge >= 0.3 is 0 Å². The summed E-state index contributed by atoms with van der Waals surface area (Å²) >= 11 is 0. The molecule has 0 aliphatic carbocycles. The van der Waals surface area contributed by atoms with E-state index >= 15 is 0 Å². The highest BCUT2D eigenvalue weighted by atomic mass is 15.2. The lowest BCUT2D eigenvalue weighted by Crippen LogP contribution is -2.38. The molecule has 2 N–H and O–H groups in total. The number of nitrogens with two attached hydrogens (primary N) is 1. The van der Waals surface area contributed by atoms with Gasteiger partial charge in [0.15, 0.2) is 0 Å². The van der Waals surface area contributed by atoms with Crippen molar-refractivity contribution in [1.82, 2.24) is 4.90 Å². The van der Waals surface area contributed by atoms with Gasteiger partial charge in [0.2, 0.25) is 0 Å². The Labute approximate surface area is 130 Å². The molecule has 1 aromatic carbocycles. The maximum atomic E-state index is 6.45. The smallest absolute Gasteiger partial charge is 0.0424 e. The van der Waals surface area contributed by atoms with Crippen LogP contribution in [0.4, 0.5) is 0 Å². The fraction of sp³-hybridized carbons (Fsp3) is 0.684. The third-order valence-corrected chi connectivity index (χ3v) is 4.67. The summed E-state index contributed by atoms with van der Waals surface area (Å²) < 4.78 is 0. The molecule has 1 heterocycles. The van der Waals surface area contributed by atoms with E-state index < -0.39 is 0 Å². The van der Waals surface area contributed by atoms with Crippen LogP contribution in [0.5, 0.6) is 0 Å². The fourth-order valence-electron chi connectivity index (χ4n) is 3.56. The monoisotopic (exact) mass is 288 g/mol. The molecule has 2 nitrogen and oxygen atoms in total. The van der Waals surface area contributed by atoms with Gasteiger partial charge in [-0.1, -0.05) is 52.0 Å². The van der Waals surface area contributed by atoms with Crippen molar-refractivity contribution >= 4 is 0 Å². The van der Waals surface area contributed by atoms with Gasteiger partial charge in [0.05, 0.1) is 0 Å². The van der Waals surface area contributed by atoms with Crippen LogP contribution in [0.1, 0.15) is 57.7 Å². The number of rotatable bonds is 6. The first-order valence-corrected chi connectivity index (χ1v) is 8.56. The molecule has 118 valence electrons. The molecule has 0 radical (unpaired) electrons. The number of hydrogen-bond donors (Lipinski definition) is 1. The summed E-state index contributed by atoms with van der Waals surface area (Å²) in [4.78, 5) is 2.59. The lowest BCUT2D eigenvalue weighted by atomic mass is 9.98. The van der Waals surface area contributed by atoms with Crippen LogP contribution in [0.2, 0.25) is 0 Å². The lowest BCUT2D eigenvalue weighted by molar-refractivity contribution is 0.196. The zero-order chi connectivity index (χ0) is 15.4. The quantitative estimate of drug-likeness (QED) is 0.857. The van der Waals surface area contributed by atoms with E-state index in [1.165, 1.54) is 30.5 Å². The highest BCUT2D eigenvalue weighted by molar-refractivity contribution is 5.25. The van der Waals surface area contributed by atoms with Crippen molar-refractivity contribution in [2.75, 3.05) is 13.1 Å². The van der Waals surface area contributed by atoms with Crippen LogP contribution in [-0.2, 0) is 6.42 Å². The summed E-state index contributed by atoms with van der Waals surface area (Å²) in [6.45, 7) is 11.4. The molecule has 0 amide bonds. The van der Waals surface area contributed by atoms with Crippen molar-refractivity contribution in [2.45, 2.75) is 59.0 Å². The lowest BCUT2D eigenvalue weighted by Gasteiger charge is -2.30. The first kappa shape index (κ1) is 16.5. The molecule has 2 rings (SSSR count). The van der Waals surface area contributed by atoms with Crippen LogP contribution in [0.15, 0.2) is 24.3 Å². The van der Waals surface area contributed by atoms with Gasteiger partial charge < -0.3 is 5.73 Å². The molecule has 1 fully saturated rings. The van der Waals surface area contributed by atoms with E-state index in [9.17, 15) is 0 Å². The third-order valence-electron chi connectivity index (χ3n) is 4.67. The van der Waals surface area contributed by atoms with E-state index in [0.29, 0.717) is 5.92 Å². The Kier molecular flexibility index (Phi) is 5.83. The second-order valence-corrected chi connectivity index (χ2v) is 7.39. The standard InChI is InChI=1S/C19H32N2/c1-14(2)12-16-7-9-17(10-8-16)18(20)13-21-11-5-6-19(21)15(3)4/h7-10,14-15,18-19H,5-6,11-13,20H2,1-4H3. The van der Waals surface area contributed by atoms with Crippen molar-refractivity contribution in [3.8, 4) is 0 Å². The highest BCUT2D eigenvalue weighted by Crippen LogP contribution is 2.26. The maximum absolute atomic E-state index is 6.45. The molecule has 1 aliphatic heterocycles. The van der Waals surface area contributed by atoms with Gasteiger partial charge in [0, 0.05) is 18.6 Å². The van der Waals surface area contributed by atoms with E-state index in [-0.39, 0.29) is 6.04 Å². The summed E-state index contributed by atoms with van der Waals surface area (Å²) in [6.07, 6.45) is 3.80. The Hall–Kier alpha value is -0.860. The molecule has 0 aromatic heterocycles. The molecule has 1 aromatic rings. The molecular formula is C19H32N2. The predicted octanol–water partition coefficient (Wildman–Crippen LogP) is 4.01. The Morgan fingerprint density at radius 2 is 1.81 bits per heavy atom. The van der Waals surface area contributed by atoms with Crippen LogP contribution >= 0.6 is 0 Å². The summed E-state index contributed by atoms with van der Waals surface area (Å²) in [5, 5.41) is 0. The third kappa shape index (κ3) is 4.55. The van der Waals surface area contributed by atoms with Crippen molar-refractivity contribution in [1.29, 1.82) is 0 Å². The van der Waals surface area contributed by atoms with Crippen molar-refractivity contribution in [2.24, 2.45) is 17.6 Å². The SMILES string of the molecule is CC(C)Cc1ccc(C(N)CN2CCCC2C(C)C)cc1. The molecule has 2 unspecified atom stereocenters. The topological polar surface area (TPSA) is 29.3 Å². The van der Waals surface area contributed by atoms with Crippen LogP contribution in [0.25, 0.3) is 0 Å². The minimum atomic E-state index is 0.137. The fourth-order valence-corrected chi connectivity index (χ4v) is 3.56. The summed E-state index contributed by atoms with van der Waals surface area (Å²) in [5.74, 6) is 1.44. The van der Waals surface area contributed by atoms with Crippen molar-refractivity contribution in [3.05, 3.63) is 35.4 Å². The van der Waals surface area contributed by atoms with E-state index in [1.54, 1.807) is 0 Å². The average Bonchev–Trinajstić information content (AvgIpc) is 2.87. The normalized spacial score (nSPS) is 21.4. The van der Waals surface area contributed by atoms with E-state index in [1.807, 2.05) is 0 Å². The Morgan fingerprint density at radius 3 is 2.38 bits per heavy atom. The molecule has 0 saturated carbocycles. The molecule has 21 heavy (non-hydrogen) atoms. The van der Waals surface area contributed by atoms with E-state index in [2.05, 4.69) is 56.9 Å². The molecular weight excluding hydrogens is 256 g/mol. The van der Waals surface area contributed by atoms with Gasteiger partial charge in [-0.25, -0.2) is 0 Å². The zero-order valence-electron chi connectivity index (χ0n) is 14.2. The van der Waals surface area contributed by atoms with Gasteiger partial charge in [-0.2, -0.15) is 0 Å². The highest BCUT2D eigenvalue weighted by Gasteiger charge is 2.28. The second kappa shape index (κ2) is 7.42. The predicted molar refractivity (Wildman–Crippen MR) is 91.3 cm³/mol. The maximum Gasteiger partial charge on any atom is 0.0424 e. The van der Waals surface area contributed by atoms with Crippen LogP contribution in [0.3, 0.4) is 0 Å². The summed E-state index contributed by atoms with van der Waals surface area (Å²) in [7, 11) is 0. The molecule has 1 aliphatic rings. The molecule has 2 heteroatoms. The van der Waals surface area contributed by atoms with E-state index in [4.69, 9.17) is 5.73 Å². The Morgan fingerprint density at radius 1 is 1.14 bits per heavy atom. The van der Waals surface area contributed by atoms with Crippen molar-refractivity contribution < 1.29 is 0 Å². The minimum Gasteiger partial charge on any atom is -0.323 e. The Balaban J connectivity index is 1.95. The van der Waals surface area contributed by atoms with Gasteiger partial charge in [-0.05, 0) is 48.8 Å². The molecule has 2 atom stereocenters. The van der Waals surface area contributed by atoms with Gasteiger partial charge in [0.25, 0.3) is 0 Å². The summed E-state index contributed by atoms with van der Waals surface area (Å²) in [6, 6.07) is 9.80. The second-order valence-electron chi connectivity index (χ2n) is 7.39. The van der Waals surface area contributed by atoms with Crippen LogP contribution in [-0.4, -0.2) is 24.0 Å². The molecule has 0 spiro atoms. The minimum absolute atomic E-state index is 0.137. The zero-order valence-corrected chi connectivity index (χ0v) is 14.2. The first-order chi connectivity index (χ1) is 9.97. The largest absolute Gasteiger partial charge is 0.323 e. The number of likely N-dealkylation sites (tertiary alicyclic amines) is 1. The molecule has 0 bridgehead atoms. The molecule has 1 saturated heterocycles. The summed E-state index contributed by atoms with van der Waals surface area (Å²) in [5.41, 5.74) is 9.14. The van der Waals surface area contributed by atoms with Gasteiger partial charge in [0.1, 0.15) is 0 Å². The first-order valence-electron chi connectivity index (χ1n) is 8.56. The van der Waals surface area contributed by atoms with Crippen LogP contribution in [0, 0.1) is 11.8 Å².